The van der Waals surface area contributed by atoms with Crippen molar-refractivity contribution in [2.24, 2.45) is 5.92 Å². The van der Waals surface area contributed by atoms with Gasteiger partial charge in [0, 0.05) is 19.3 Å². The molecular formula is C19H19N5O3S. The summed E-state index contributed by atoms with van der Waals surface area (Å²) in [5, 5.41) is 14.3. The molecule has 1 amide bonds. The van der Waals surface area contributed by atoms with Gasteiger partial charge in [0.2, 0.25) is 5.95 Å². The average molecular weight is 397 g/mol. The lowest BCUT2D eigenvalue weighted by Crippen LogP contribution is -2.31. The van der Waals surface area contributed by atoms with Crippen LogP contribution in [0.25, 0.3) is 10.2 Å². The second-order valence-corrected chi connectivity index (χ2v) is 7.64. The number of carbonyl (C=O) groups excluding carboxylic acids is 1. The smallest absolute Gasteiger partial charge is 0.308 e. The third-order valence-electron chi connectivity index (χ3n) is 4.81. The first-order chi connectivity index (χ1) is 13.5. The number of carbonyl (C=O) groups is 2. The minimum Gasteiger partial charge on any atom is -0.481 e. The number of amides is 1. The summed E-state index contributed by atoms with van der Waals surface area (Å²) in [6.45, 7) is 2.57. The molecule has 1 aliphatic heterocycles. The van der Waals surface area contributed by atoms with Gasteiger partial charge in [0.25, 0.3) is 5.91 Å². The number of rotatable bonds is 5. The van der Waals surface area contributed by atoms with Crippen LogP contribution in [0.1, 0.15) is 35.6 Å². The van der Waals surface area contributed by atoms with Gasteiger partial charge >= 0.3 is 5.97 Å². The normalized spacial score (nSPS) is 17.6. The molecule has 144 valence electrons. The number of pyridine rings is 1. The Bertz CT molecular complexity index is 1020. The van der Waals surface area contributed by atoms with E-state index >= 15 is 0 Å². The van der Waals surface area contributed by atoms with Crippen molar-refractivity contribution in [3.05, 3.63) is 47.2 Å². The fourth-order valence-electron chi connectivity index (χ4n) is 3.27. The molecule has 28 heavy (non-hydrogen) atoms. The van der Waals surface area contributed by atoms with Crippen LogP contribution in [0.5, 0.6) is 0 Å². The Morgan fingerprint density at radius 2 is 2.18 bits per heavy atom. The van der Waals surface area contributed by atoms with Gasteiger partial charge in [-0.15, -0.1) is 11.3 Å². The van der Waals surface area contributed by atoms with Crippen LogP contribution >= 0.6 is 11.3 Å². The number of nitrogens with one attached hydrogen (secondary N) is 1. The number of aromatic nitrogens is 3. The Morgan fingerprint density at radius 1 is 1.32 bits per heavy atom. The van der Waals surface area contributed by atoms with Crippen LogP contribution in [-0.4, -0.2) is 49.9 Å². The van der Waals surface area contributed by atoms with Crippen molar-refractivity contribution >= 4 is 39.4 Å². The highest BCUT2D eigenvalue weighted by atomic mass is 32.1. The van der Waals surface area contributed by atoms with Gasteiger partial charge in [0.15, 0.2) is 5.69 Å². The number of hydrogen-bond acceptors (Lipinski definition) is 7. The molecule has 3 aromatic heterocycles. The molecule has 4 rings (SSSR count). The molecule has 1 fully saturated rings. The van der Waals surface area contributed by atoms with Gasteiger partial charge < -0.3 is 15.3 Å². The first kappa shape index (κ1) is 18.3. The fraction of sp³-hybridized carbons (Fsp3) is 0.316. The lowest BCUT2D eigenvalue weighted by molar-refractivity contribution is -0.141. The maximum Gasteiger partial charge on any atom is 0.308 e. The van der Waals surface area contributed by atoms with Crippen molar-refractivity contribution in [3.8, 4) is 0 Å². The third kappa shape index (κ3) is 3.53. The van der Waals surface area contributed by atoms with Crippen molar-refractivity contribution in [3.63, 3.8) is 0 Å². The molecule has 1 saturated heterocycles. The molecule has 0 spiro atoms. The average Bonchev–Trinajstić information content (AvgIpc) is 3.37. The lowest BCUT2D eigenvalue weighted by atomic mass is 10.1. The van der Waals surface area contributed by atoms with Crippen LogP contribution < -0.4 is 5.32 Å². The number of carboxylic acids is 1. The van der Waals surface area contributed by atoms with Crippen molar-refractivity contribution in [2.45, 2.75) is 19.4 Å². The molecule has 0 aliphatic carbocycles. The number of anilines is 1. The second-order valence-electron chi connectivity index (χ2n) is 6.73. The lowest BCUT2D eigenvalue weighted by Gasteiger charge is -2.17. The number of aliphatic carboxylic acids is 1. The van der Waals surface area contributed by atoms with Gasteiger partial charge in [0.1, 0.15) is 0 Å². The van der Waals surface area contributed by atoms with Crippen molar-refractivity contribution in [1.29, 1.82) is 0 Å². The summed E-state index contributed by atoms with van der Waals surface area (Å²) in [6, 6.07) is 7.37. The molecule has 0 radical (unpaired) electrons. The Morgan fingerprint density at radius 3 is 2.89 bits per heavy atom. The van der Waals surface area contributed by atoms with Crippen LogP contribution in [0, 0.1) is 5.92 Å². The molecular weight excluding hydrogens is 378 g/mol. The van der Waals surface area contributed by atoms with Crippen molar-refractivity contribution < 1.29 is 14.7 Å². The molecule has 2 N–H and O–H groups in total. The minimum atomic E-state index is -0.870. The van der Waals surface area contributed by atoms with E-state index in [0.29, 0.717) is 34.8 Å². The van der Waals surface area contributed by atoms with Gasteiger partial charge in [-0.2, -0.15) is 0 Å². The Labute approximate surface area is 165 Å². The van der Waals surface area contributed by atoms with Crippen LogP contribution in [0.15, 0.2) is 35.8 Å². The van der Waals surface area contributed by atoms with Gasteiger partial charge in [0.05, 0.1) is 27.9 Å². The minimum absolute atomic E-state index is 0.136. The summed E-state index contributed by atoms with van der Waals surface area (Å²) in [4.78, 5) is 39.1. The SMILES string of the molecule is CC(Nc1nc(C(=O)N2CCC(C(=O)O)C2)c2sccc2n1)c1ccccn1. The standard InChI is InChI=1S/C19H19N5O3S/c1-11(13-4-2-3-7-20-13)21-19-22-14-6-9-28-16(14)15(23-19)17(25)24-8-5-12(10-24)18(26)27/h2-4,6-7,9,11-12H,5,8,10H2,1H3,(H,26,27)(H,21,22,23). The molecule has 8 nitrogen and oxygen atoms in total. The maximum atomic E-state index is 13.0. The number of thiophene rings is 1. The third-order valence-corrected chi connectivity index (χ3v) is 5.72. The van der Waals surface area contributed by atoms with Crippen molar-refractivity contribution in [1.82, 2.24) is 19.9 Å². The Kier molecular flexibility index (Phi) is 4.91. The summed E-state index contributed by atoms with van der Waals surface area (Å²) in [5.74, 6) is -1.30. The van der Waals surface area contributed by atoms with E-state index in [1.54, 1.807) is 11.1 Å². The predicted octanol–water partition coefficient (Wildman–Crippen LogP) is 2.81. The number of carboxylic acid groups (broad SMARTS) is 1. The van der Waals surface area contributed by atoms with Crippen LogP contribution in [0.3, 0.4) is 0 Å². The van der Waals surface area contributed by atoms with Gasteiger partial charge in [-0.05, 0) is 36.9 Å². The summed E-state index contributed by atoms with van der Waals surface area (Å²) >= 11 is 1.40. The zero-order valence-electron chi connectivity index (χ0n) is 15.2. The number of likely N-dealkylation sites (tertiary alicyclic amines) is 1. The molecule has 4 heterocycles. The first-order valence-corrected chi connectivity index (χ1v) is 9.85. The van der Waals surface area contributed by atoms with Crippen LogP contribution in [0.4, 0.5) is 5.95 Å². The number of fused-ring (bicyclic) bond motifs is 1. The Hall–Kier alpha value is -3.07. The largest absolute Gasteiger partial charge is 0.481 e. The summed E-state index contributed by atoms with van der Waals surface area (Å²) < 4.78 is 0.708. The molecule has 0 aromatic carbocycles. The van der Waals surface area contributed by atoms with E-state index in [0.717, 1.165) is 5.69 Å². The highest BCUT2D eigenvalue weighted by Crippen LogP contribution is 2.27. The first-order valence-electron chi connectivity index (χ1n) is 8.97. The highest BCUT2D eigenvalue weighted by Gasteiger charge is 2.33. The summed E-state index contributed by atoms with van der Waals surface area (Å²) in [7, 11) is 0. The monoisotopic (exact) mass is 397 g/mol. The van der Waals surface area contributed by atoms with E-state index in [1.165, 1.54) is 11.3 Å². The number of nitrogens with zero attached hydrogens (tertiary/aromatic N) is 4. The van der Waals surface area contributed by atoms with E-state index in [9.17, 15) is 14.7 Å². The van der Waals surface area contributed by atoms with E-state index in [4.69, 9.17) is 0 Å². The quantitative estimate of drug-likeness (QED) is 0.681. The zero-order valence-corrected chi connectivity index (χ0v) is 16.0. The second kappa shape index (κ2) is 7.51. The predicted molar refractivity (Wildman–Crippen MR) is 105 cm³/mol. The topological polar surface area (TPSA) is 108 Å². The molecule has 9 heteroatoms. The summed E-state index contributed by atoms with van der Waals surface area (Å²) in [6.07, 6.45) is 2.18. The van der Waals surface area contributed by atoms with E-state index in [1.807, 2.05) is 36.6 Å². The Balaban J connectivity index is 1.62. The van der Waals surface area contributed by atoms with Gasteiger partial charge in [-0.25, -0.2) is 9.97 Å². The van der Waals surface area contributed by atoms with Crippen LogP contribution in [-0.2, 0) is 4.79 Å². The number of hydrogen-bond donors (Lipinski definition) is 2. The maximum absolute atomic E-state index is 13.0. The molecule has 0 saturated carbocycles. The highest BCUT2D eigenvalue weighted by molar-refractivity contribution is 7.17. The molecule has 1 aliphatic rings. The molecule has 3 aromatic rings. The molecule has 2 unspecified atom stereocenters. The van der Waals surface area contributed by atoms with E-state index in [-0.39, 0.29) is 18.5 Å². The van der Waals surface area contributed by atoms with E-state index < -0.39 is 11.9 Å². The van der Waals surface area contributed by atoms with Gasteiger partial charge in [-0.1, -0.05) is 6.07 Å². The van der Waals surface area contributed by atoms with Gasteiger partial charge in [-0.3, -0.25) is 14.6 Å². The van der Waals surface area contributed by atoms with Crippen molar-refractivity contribution in [2.75, 3.05) is 18.4 Å². The molecule has 2 atom stereocenters. The van der Waals surface area contributed by atoms with E-state index in [2.05, 4.69) is 20.3 Å². The molecule has 0 bridgehead atoms. The fourth-order valence-corrected chi connectivity index (χ4v) is 4.08. The zero-order chi connectivity index (χ0) is 19.7. The summed E-state index contributed by atoms with van der Waals surface area (Å²) in [5.41, 5.74) is 1.84. The van der Waals surface area contributed by atoms with Crippen LogP contribution in [0.2, 0.25) is 0 Å².